The number of aromatic hydroxyl groups is 1. The van der Waals surface area contributed by atoms with Crippen LogP contribution in [0.15, 0.2) is 36.5 Å². The van der Waals surface area contributed by atoms with E-state index in [1.165, 1.54) is 0 Å². The summed E-state index contributed by atoms with van der Waals surface area (Å²) in [4.78, 5) is 4.03. The minimum absolute atomic E-state index is 0.239. The number of phenols is 1. The number of nitrogens with zero attached hydrogens (tertiary/aromatic N) is 2. The molecule has 1 heterocycles. The quantitative estimate of drug-likeness (QED) is 0.618. The Morgan fingerprint density at radius 2 is 1.86 bits per heavy atom. The summed E-state index contributed by atoms with van der Waals surface area (Å²) < 4.78 is 0. The highest BCUT2D eigenvalue weighted by Gasteiger charge is 1.96. The predicted octanol–water partition coefficient (Wildman–Crippen LogP) is 1.78. The summed E-state index contributed by atoms with van der Waals surface area (Å²) in [5.41, 5.74) is 0.662. The maximum atomic E-state index is 9.31. The fourth-order valence-corrected chi connectivity index (χ4v) is 1.09. The van der Waals surface area contributed by atoms with Crippen LogP contribution >= 0.6 is 0 Å². The number of rotatable bonds is 0. The fourth-order valence-electron chi connectivity index (χ4n) is 1.09. The average molecular weight is 188 g/mol. The van der Waals surface area contributed by atoms with E-state index in [9.17, 15) is 5.11 Å². The zero-order chi connectivity index (χ0) is 10.4. The van der Waals surface area contributed by atoms with Gasteiger partial charge in [0.1, 0.15) is 11.3 Å². The topological polar surface area (TPSA) is 77.1 Å². The number of fused-ring (bicyclic) bond motifs is 1. The van der Waals surface area contributed by atoms with Gasteiger partial charge in [-0.25, -0.2) is 0 Å². The molecular formula is C10H8N2O2. The van der Waals surface area contributed by atoms with Crippen molar-refractivity contribution in [2.24, 2.45) is 0 Å². The summed E-state index contributed by atoms with van der Waals surface area (Å²) >= 11 is 0. The van der Waals surface area contributed by atoms with Gasteiger partial charge < -0.3 is 10.2 Å². The molecule has 0 fully saturated rings. The van der Waals surface area contributed by atoms with Gasteiger partial charge in [0.05, 0.1) is 0 Å². The smallest absolute Gasteiger partial charge is 0.283 e. The van der Waals surface area contributed by atoms with E-state index in [4.69, 9.17) is 10.4 Å². The van der Waals surface area contributed by atoms with Crippen LogP contribution in [-0.2, 0) is 0 Å². The Hall–Kier alpha value is -2.28. The molecule has 0 aliphatic heterocycles. The van der Waals surface area contributed by atoms with Crippen molar-refractivity contribution in [3.05, 3.63) is 36.5 Å². The number of hydrogen-bond donors (Lipinski definition) is 2. The Morgan fingerprint density at radius 1 is 1.21 bits per heavy atom. The number of nitriles is 1. The molecule has 70 valence electrons. The van der Waals surface area contributed by atoms with E-state index in [0.717, 1.165) is 11.6 Å². The van der Waals surface area contributed by atoms with Crippen LogP contribution in [0.5, 0.6) is 5.75 Å². The predicted molar refractivity (Wildman–Crippen MR) is 51.0 cm³/mol. The molecule has 0 unspecified atom stereocenters. The third kappa shape index (κ3) is 2.11. The lowest BCUT2D eigenvalue weighted by Crippen LogP contribution is -1.76. The van der Waals surface area contributed by atoms with Gasteiger partial charge in [-0.3, -0.25) is 4.98 Å². The van der Waals surface area contributed by atoms with Crippen LogP contribution in [0.2, 0.25) is 0 Å². The first-order valence-corrected chi connectivity index (χ1v) is 3.85. The molecule has 0 atom stereocenters. The van der Waals surface area contributed by atoms with Gasteiger partial charge in [0.25, 0.3) is 6.26 Å². The van der Waals surface area contributed by atoms with Crippen molar-refractivity contribution in [3.63, 3.8) is 0 Å². The van der Waals surface area contributed by atoms with E-state index in [-0.39, 0.29) is 5.75 Å². The van der Waals surface area contributed by atoms with Gasteiger partial charge in [0.15, 0.2) is 0 Å². The minimum atomic E-state index is 0.239. The third-order valence-corrected chi connectivity index (χ3v) is 1.61. The number of aromatic nitrogens is 1. The summed E-state index contributed by atoms with van der Waals surface area (Å²) in [6.07, 6.45) is 2.42. The molecule has 0 aliphatic carbocycles. The number of pyridine rings is 1. The third-order valence-electron chi connectivity index (χ3n) is 1.61. The maximum Gasteiger partial charge on any atom is 0.283 e. The first kappa shape index (κ1) is 9.81. The van der Waals surface area contributed by atoms with Crippen LogP contribution < -0.4 is 0 Å². The summed E-state index contributed by atoms with van der Waals surface area (Å²) in [6.45, 7) is 0. The molecule has 2 N–H and O–H groups in total. The second kappa shape index (κ2) is 4.67. The van der Waals surface area contributed by atoms with Crippen LogP contribution in [0.1, 0.15) is 0 Å². The molecule has 4 heteroatoms. The van der Waals surface area contributed by atoms with Gasteiger partial charge in [-0.2, -0.15) is 5.26 Å². The minimum Gasteiger partial charge on any atom is -0.506 e. The van der Waals surface area contributed by atoms with Gasteiger partial charge in [0.2, 0.25) is 0 Å². The van der Waals surface area contributed by atoms with Crippen molar-refractivity contribution in [3.8, 4) is 12.0 Å². The Morgan fingerprint density at radius 3 is 2.50 bits per heavy atom. The van der Waals surface area contributed by atoms with Gasteiger partial charge in [0, 0.05) is 11.6 Å². The molecule has 0 radical (unpaired) electrons. The summed E-state index contributed by atoms with van der Waals surface area (Å²) in [5, 5.41) is 24.0. The van der Waals surface area contributed by atoms with E-state index < -0.39 is 0 Å². The van der Waals surface area contributed by atoms with Crippen LogP contribution in [0.25, 0.3) is 10.9 Å². The first-order chi connectivity index (χ1) is 6.79. The Balaban J connectivity index is 0.000000293. The summed E-state index contributed by atoms with van der Waals surface area (Å²) in [7, 11) is 0. The second-order valence-electron chi connectivity index (χ2n) is 2.45. The highest BCUT2D eigenvalue weighted by molar-refractivity contribution is 5.83. The van der Waals surface area contributed by atoms with E-state index in [2.05, 4.69) is 4.98 Å². The molecular weight excluding hydrogens is 180 g/mol. The van der Waals surface area contributed by atoms with Crippen LogP contribution in [-0.4, -0.2) is 15.2 Å². The van der Waals surface area contributed by atoms with Crippen molar-refractivity contribution < 1.29 is 10.2 Å². The normalized spacial score (nSPS) is 8.50. The van der Waals surface area contributed by atoms with Crippen molar-refractivity contribution in [2.45, 2.75) is 0 Å². The van der Waals surface area contributed by atoms with Crippen LogP contribution in [0, 0.1) is 11.5 Å². The van der Waals surface area contributed by atoms with E-state index in [0.29, 0.717) is 5.52 Å². The SMILES string of the molecule is N#CO.Oc1cccc2cccnc12. The standard InChI is InChI=1S/C9H7NO.CHNO/c11-8-5-1-3-7-4-2-6-10-9(7)8;2-1-3/h1-6,11H;3H. The Labute approximate surface area is 80.7 Å². The largest absolute Gasteiger partial charge is 0.506 e. The number of benzene rings is 1. The number of para-hydroxylation sites is 1. The van der Waals surface area contributed by atoms with Gasteiger partial charge in [-0.05, 0) is 12.1 Å². The van der Waals surface area contributed by atoms with Crippen LogP contribution in [0.3, 0.4) is 0 Å². The zero-order valence-electron chi connectivity index (χ0n) is 7.25. The highest BCUT2D eigenvalue weighted by Crippen LogP contribution is 2.20. The molecule has 4 nitrogen and oxygen atoms in total. The van der Waals surface area contributed by atoms with Gasteiger partial charge in [-0.15, -0.1) is 0 Å². The molecule has 2 aromatic rings. The molecule has 0 saturated carbocycles. The maximum absolute atomic E-state index is 9.31. The summed E-state index contributed by atoms with van der Waals surface area (Å²) in [5.74, 6) is 0.239. The number of aliphatic hydroxyl groups is 1. The first-order valence-electron chi connectivity index (χ1n) is 3.85. The molecule has 0 amide bonds. The van der Waals surface area contributed by atoms with Crippen molar-refractivity contribution in [2.75, 3.05) is 0 Å². The molecule has 0 saturated heterocycles. The lowest BCUT2D eigenvalue weighted by molar-refractivity contribution is 0.480. The van der Waals surface area contributed by atoms with E-state index >= 15 is 0 Å². The van der Waals surface area contributed by atoms with Gasteiger partial charge in [-0.1, -0.05) is 18.2 Å². The molecule has 1 aromatic carbocycles. The molecule has 0 spiro atoms. The molecule has 0 aliphatic rings. The van der Waals surface area contributed by atoms with E-state index in [1.54, 1.807) is 18.3 Å². The molecule has 14 heavy (non-hydrogen) atoms. The Bertz CT molecular complexity index is 458. The van der Waals surface area contributed by atoms with Crippen molar-refractivity contribution in [1.82, 2.24) is 4.98 Å². The van der Waals surface area contributed by atoms with E-state index in [1.807, 2.05) is 18.2 Å². The monoisotopic (exact) mass is 188 g/mol. The summed E-state index contributed by atoms with van der Waals surface area (Å²) in [6, 6.07) is 9.13. The molecule has 2 rings (SSSR count). The average Bonchev–Trinajstić information content (AvgIpc) is 2.20. The van der Waals surface area contributed by atoms with Gasteiger partial charge >= 0.3 is 0 Å². The number of aliphatic hydroxyl groups excluding tert-OH is 1. The zero-order valence-corrected chi connectivity index (χ0v) is 7.25. The van der Waals surface area contributed by atoms with Crippen molar-refractivity contribution >= 4 is 10.9 Å². The van der Waals surface area contributed by atoms with Crippen molar-refractivity contribution in [1.29, 1.82) is 5.26 Å². The number of hydrogen-bond acceptors (Lipinski definition) is 4. The fraction of sp³-hybridized carbons (Fsp3) is 0. The number of phenolic OH excluding ortho intramolecular Hbond substituents is 1. The lowest BCUT2D eigenvalue weighted by Gasteiger charge is -1.96. The second-order valence-corrected chi connectivity index (χ2v) is 2.45. The molecule has 1 aromatic heterocycles. The molecule has 0 bridgehead atoms. The Kier molecular flexibility index (Phi) is 3.27. The van der Waals surface area contributed by atoms with Crippen LogP contribution in [0.4, 0.5) is 0 Å². The highest BCUT2D eigenvalue weighted by atomic mass is 16.3. The lowest BCUT2D eigenvalue weighted by atomic mass is 10.2.